The molecule has 1 aliphatic carbocycles. The molecule has 76 valence electrons. The molecule has 0 aromatic carbocycles. The van der Waals surface area contributed by atoms with E-state index in [1.54, 1.807) is 0 Å². The van der Waals surface area contributed by atoms with Crippen LogP contribution in [-0.4, -0.2) is 41.6 Å². The van der Waals surface area contributed by atoms with E-state index >= 15 is 0 Å². The van der Waals surface area contributed by atoms with Crippen LogP contribution in [0.25, 0.3) is 0 Å². The molecule has 0 spiro atoms. The third-order valence-corrected chi connectivity index (χ3v) is 2.89. The van der Waals surface area contributed by atoms with Gasteiger partial charge in [0.1, 0.15) is 0 Å². The maximum Gasteiger partial charge on any atom is 0.345 e. The number of hydrogen-bond acceptors (Lipinski definition) is 0. The Kier molecular flexibility index (Phi) is 3.82. The highest BCUT2D eigenvalue weighted by Crippen LogP contribution is 2.25. The summed E-state index contributed by atoms with van der Waals surface area (Å²) in [5, 5.41) is 0. The maximum absolute atomic E-state index is 6.03. The predicted molar refractivity (Wildman–Crippen MR) is 49.2 cm³/mol. The highest BCUT2D eigenvalue weighted by Gasteiger charge is 2.33. The molecule has 0 radical (unpaired) electrons. The zero-order valence-electron chi connectivity index (χ0n) is 8.17. The first kappa shape index (κ1) is 11.1. The Morgan fingerprint density at radius 2 is 1.85 bits per heavy atom. The molecule has 0 atom stereocenters. The van der Waals surface area contributed by atoms with Gasteiger partial charge in [-0.25, -0.2) is 0 Å². The third kappa shape index (κ3) is 2.48. The zero-order valence-corrected chi connectivity index (χ0v) is 10.3. The Hall–Kier alpha value is 0. The van der Waals surface area contributed by atoms with Crippen LogP contribution >= 0.6 is 0 Å². The lowest BCUT2D eigenvalue weighted by Crippen LogP contribution is -3.00. The largest absolute Gasteiger partial charge is 1.00 e. The zero-order chi connectivity index (χ0) is 8.55. The van der Waals surface area contributed by atoms with Crippen LogP contribution in [0.1, 0.15) is 25.7 Å². The molecule has 1 heterocycles. The molecule has 2 aliphatic rings. The number of halogens is 1. The normalized spacial score (nSPS) is 21.2. The van der Waals surface area contributed by atoms with E-state index in [-0.39, 0.29) is 24.0 Å². The average Bonchev–Trinajstić information content (AvgIpc) is 2.79. The third-order valence-electron chi connectivity index (χ3n) is 2.89. The van der Waals surface area contributed by atoms with E-state index in [1.165, 1.54) is 25.7 Å². The van der Waals surface area contributed by atoms with Crippen molar-refractivity contribution in [3.05, 3.63) is 0 Å². The van der Waals surface area contributed by atoms with Crippen molar-refractivity contribution in [2.45, 2.75) is 31.7 Å². The van der Waals surface area contributed by atoms with Gasteiger partial charge in [0.2, 0.25) is 0 Å². The van der Waals surface area contributed by atoms with Gasteiger partial charge in [0.25, 0.3) is 0 Å². The second kappa shape index (κ2) is 4.48. The van der Waals surface area contributed by atoms with Crippen molar-refractivity contribution in [3.63, 3.8) is 0 Å². The number of nitrogens with two attached hydrogens (primary N) is 1. The highest BCUT2D eigenvalue weighted by atomic mass is 127. The average molecular weight is 295 g/mol. The van der Waals surface area contributed by atoms with Crippen LogP contribution in [-0.2, 0) is 0 Å². The van der Waals surface area contributed by atoms with Crippen molar-refractivity contribution in [2.24, 2.45) is 5.73 Å². The molecule has 0 unspecified atom stereocenters. The number of nitrogens with zero attached hydrogens (tertiary/aromatic N) is 2. The smallest absolute Gasteiger partial charge is 0.345 e. The summed E-state index contributed by atoms with van der Waals surface area (Å²) in [5.41, 5.74) is 6.03. The highest BCUT2D eigenvalue weighted by molar-refractivity contribution is 5.73. The van der Waals surface area contributed by atoms with Crippen molar-refractivity contribution < 1.29 is 28.6 Å². The summed E-state index contributed by atoms with van der Waals surface area (Å²) in [7, 11) is 2.12. The molecule has 1 saturated carbocycles. The molecule has 2 rings (SSSR count). The first-order valence-corrected chi connectivity index (χ1v) is 4.89. The fourth-order valence-corrected chi connectivity index (χ4v) is 1.82. The van der Waals surface area contributed by atoms with Crippen LogP contribution in [0.2, 0.25) is 0 Å². The van der Waals surface area contributed by atoms with Crippen LogP contribution in [0.3, 0.4) is 0 Å². The quantitative estimate of drug-likeness (QED) is 0.322. The second-order valence-electron chi connectivity index (χ2n) is 3.89. The first-order chi connectivity index (χ1) is 5.79. The SMILES string of the molecule is CN(C(N)=[N+]1CCCC1)C1CC1.[I-]. The lowest BCUT2D eigenvalue weighted by atomic mass is 10.4. The molecule has 3 nitrogen and oxygen atoms in total. The topological polar surface area (TPSA) is 32.3 Å². The standard InChI is InChI=1S/C9H17N3.HI/c1-11(8-4-5-8)9(10)12-6-2-3-7-12;/h8,10H,2-7H2,1H3;1H. The molecular weight excluding hydrogens is 277 g/mol. The summed E-state index contributed by atoms with van der Waals surface area (Å²) in [6, 6.07) is 0.741. The molecule has 0 aromatic heterocycles. The molecule has 0 bridgehead atoms. The van der Waals surface area contributed by atoms with E-state index in [9.17, 15) is 0 Å². The van der Waals surface area contributed by atoms with Gasteiger partial charge in [0.15, 0.2) is 0 Å². The molecule has 2 fully saturated rings. The minimum atomic E-state index is 0. The Balaban J connectivity index is 0.000000845. The second-order valence-corrected chi connectivity index (χ2v) is 3.89. The molecule has 4 heteroatoms. The van der Waals surface area contributed by atoms with Crippen LogP contribution in [0.15, 0.2) is 0 Å². The summed E-state index contributed by atoms with van der Waals surface area (Å²) in [5.74, 6) is 0.995. The first-order valence-electron chi connectivity index (χ1n) is 4.89. The fraction of sp³-hybridized carbons (Fsp3) is 0.889. The van der Waals surface area contributed by atoms with Crippen molar-refractivity contribution in [1.29, 1.82) is 0 Å². The van der Waals surface area contributed by atoms with E-state index < -0.39 is 0 Å². The van der Waals surface area contributed by atoms with Crippen LogP contribution in [0.4, 0.5) is 0 Å². The monoisotopic (exact) mass is 295 g/mol. The van der Waals surface area contributed by atoms with Gasteiger partial charge in [-0.2, -0.15) is 0 Å². The van der Waals surface area contributed by atoms with Crippen molar-refractivity contribution in [2.75, 3.05) is 20.1 Å². The molecule has 0 amide bonds. The van der Waals surface area contributed by atoms with Gasteiger partial charge < -0.3 is 24.0 Å². The van der Waals surface area contributed by atoms with Crippen LogP contribution < -0.4 is 29.7 Å². The van der Waals surface area contributed by atoms with E-state index in [4.69, 9.17) is 5.73 Å². The summed E-state index contributed by atoms with van der Waals surface area (Å²) in [6.45, 7) is 2.31. The van der Waals surface area contributed by atoms with E-state index in [2.05, 4.69) is 16.5 Å². The van der Waals surface area contributed by atoms with Crippen LogP contribution in [0.5, 0.6) is 0 Å². The number of hydrogen-bond donors (Lipinski definition) is 1. The molecule has 1 aliphatic heterocycles. The van der Waals surface area contributed by atoms with Gasteiger partial charge in [-0.1, -0.05) is 0 Å². The Labute approximate surface area is 97.0 Å². The molecule has 0 aromatic rings. The van der Waals surface area contributed by atoms with E-state index in [0.717, 1.165) is 25.1 Å². The van der Waals surface area contributed by atoms with Gasteiger partial charge in [0.05, 0.1) is 26.2 Å². The molecule has 1 saturated heterocycles. The van der Waals surface area contributed by atoms with E-state index in [0.29, 0.717) is 0 Å². The Morgan fingerprint density at radius 3 is 2.31 bits per heavy atom. The summed E-state index contributed by atoms with van der Waals surface area (Å²) in [6.07, 6.45) is 5.26. The number of rotatable bonds is 1. The van der Waals surface area contributed by atoms with Gasteiger partial charge in [0, 0.05) is 0 Å². The fourth-order valence-electron chi connectivity index (χ4n) is 1.82. The van der Waals surface area contributed by atoms with Crippen molar-refractivity contribution in [3.8, 4) is 0 Å². The van der Waals surface area contributed by atoms with Gasteiger partial charge in [-0.15, -0.1) is 0 Å². The predicted octanol–water partition coefficient (Wildman–Crippen LogP) is -2.79. The number of guanidine groups is 1. The lowest BCUT2D eigenvalue weighted by molar-refractivity contribution is -0.512. The Bertz CT molecular complexity index is 203. The van der Waals surface area contributed by atoms with Crippen LogP contribution in [0, 0.1) is 0 Å². The van der Waals surface area contributed by atoms with Gasteiger partial charge >= 0.3 is 5.96 Å². The van der Waals surface area contributed by atoms with Gasteiger partial charge in [-0.3, -0.25) is 15.2 Å². The van der Waals surface area contributed by atoms with E-state index in [1.807, 2.05) is 0 Å². The lowest BCUT2D eigenvalue weighted by Gasteiger charge is -2.13. The Morgan fingerprint density at radius 1 is 1.31 bits per heavy atom. The van der Waals surface area contributed by atoms with Gasteiger partial charge in [-0.05, 0) is 25.7 Å². The summed E-state index contributed by atoms with van der Waals surface area (Å²) < 4.78 is 2.30. The molecule has 13 heavy (non-hydrogen) atoms. The van der Waals surface area contributed by atoms with Crippen molar-refractivity contribution in [1.82, 2.24) is 4.90 Å². The maximum atomic E-state index is 6.03. The molecule has 2 N–H and O–H groups in total. The molecular formula is C9H18IN3. The minimum Gasteiger partial charge on any atom is -1.00 e. The van der Waals surface area contributed by atoms with Crippen molar-refractivity contribution >= 4 is 5.96 Å². The summed E-state index contributed by atoms with van der Waals surface area (Å²) in [4.78, 5) is 2.24. The minimum absolute atomic E-state index is 0. The summed E-state index contributed by atoms with van der Waals surface area (Å²) >= 11 is 0.